The fraction of sp³-hybridized carbons (Fsp3) is 0.774. The molecule has 1 saturated heterocycles. The smallest absolute Gasteiger partial charge is 0.408 e. The lowest BCUT2D eigenvalue weighted by atomic mass is 10.1. The van der Waals surface area contributed by atoms with Crippen LogP contribution in [0.2, 0.25) is 0 Å². The molecule has 2 saturated carbocycles. The van der Waals surface area contributed by atoms with Crippen LogP contribution in [0.3, 0.4) is 0 Å². The molecule has 0 bridgehead atoms. The summed E-state index contributed by atoms with van der Waals surface area (Å²) in [6.45, 7) is 9.12. The van der Waals surface area contributed by atoms with Crippen LogP contribution in [0.15, 0.2) is 12.2 Å². The number of nitrogens with one attached hydrogen (secondary N) is 3. The fourth-order valence-corrected chi connectivity index (χ4v) is 7.21. The van der Waals surface area contributed by atoms with E-state index in [1.165, 1.54) is 4.90 Å². The van der Waals surface area contributed by atoms with Gasteiger partial charge in [0.25, 0.3) is 5.91 Å². The van der Waals surface area contributed by atoms with E-state index in [0.29, 0.717) is 25.7 Å². The highest BCUT2D eigenvalue weighted by Crippen LogP contribution is 2.46. The summed E-state index contributed by atoms with van der Waals surface area (Å²) in [4.78, 5) is 68.3. The number of ether oxygens (including phenoxy) is 3. The first-order valence-corrected chi connectivity index (χ1v) is 17.7. The van der Waals surface area contributed by atoms with Gasteiger partial charge in [0, 0.05) is 18.9 Å². The molecule has 258 valence electrons. The third-order valence-electron chi connectivity index (χ3n) is 8.57. The van der Waals surface area contributed by atoms with Gasteiger partial charge < -0.3 is 29.7 Å². The minimum atomic E-state index is -3.90. The van der Waals surface area contributed by atoms with Crippen molar-refractivity contribution < 1.29 is 46.6 Å². The molecule has 3 fully saturated rings. The minimum Gasteiger partial charge on any atom is -0.460 e. The van der Waals surface area contributed by atoms with Gasteiger partial charge in [-0.15, -0.1) is 0 Å². The van der Waals surface area contributed by atoms with Crippen LogP contribution in [0, 0.1) is 11.8 Å². The van der Waals surface area contributed by atoms with Crippen molar-refractivity contribution in [3.63, 3.8) is 0 Å². The average molecular weight is 669 g/mol. The van der Waals surface area contributed by atoms with Crippen LogP contribution in [0.25, 0.3) is 0 Å². The van der Waals surface area contributed by atoms with Crippen LogP contribution in [0.5, 0.6) is 0 Å². The number of rotatable bonds is 8. The van der Waals surface area contributed by atoms with E-state index in [2.05, 4.69) is 15.4 Å². The van der Waals surface area contributed by atoms with Crippen molar-refractivity contribution in [1.29, 1.82) is 0 Å². The Morgan fingerprint density at radius 1 is 1.20 bits per heavy atom. The highest BCUT2D eigenvalue weighted by molar-refractivity contribution is 7.91. The Morgan fingerprint density at radius 2 is 1.91 bits per heavy atom. The fourth-order valence-electron chi connectivity index (χ4n) is 5.84. The quantitative estimate of drug-likeness (QED) is 0.254. The Hall–Kier alpha value is -3.20. The van der Waals surface area contributed by atoms with Crippen molar-refractivity contribution in [1.82, 2.24) is 20.3 Å². The molecule has 2 aliphatic carbocycles. The number of sulfonamides is 1. The van der Waals surface area contributed by atoms with E-state index in [9.17, 15) is 32.4 Å². The zero-order valence-electron chi connectivity index (χ0n) is 27.3. The largest absolute Gasteiger partial charge is 0.460 e. The number of amides is 4. The SMILES string of the molecule is CCCC(C)C(=O)O[C@@H]1C[C@H]2C(=O)N[C@]3(C(=O)NS(=O)(=O)C4CC4)C[C@H]3/C=C\COCCC[C@H](NC(=O)OC(C)(C)C)C(=O)N2C1. The van der Waals surface area contributed by atoms with Crippen molar-refractivity contribution in [3.05, 3.63) is 12.2 Å². The van der Waals surface area contributed by atoms with Crippen molar-refractivity contribution in [3.8, 4) is 0 Å². The molecule has 0 aromatic rings. The number of carbonyl (C=O) groups is 5. The molecule has 3 N–H and O–H groups in total. The molecule has 2 heterocycles. The van der Waals surface area contributed by atoms with E-state index in [1.807, 2.05) is 6.92 Å². The minimum absolute atomic E-state index is 0.0387. The second-order valence-corrected chi connectivity index (χ2v) is 15.7. The summed E-state index contributed by atoms with van der Waals surface area (Å²) in [5.41, 5.74) is -2.38. The van der Waals surface area contributed by atoms with Gasteiger partial charge in [-0.25, -0.2) is 13.2 Å². The summed E-state index contributed by atoms with van der Waals surface area (Å²) in [6.07, 6.45) is 4.78. The summed E-state index contributed by atoms with van der Waals surface area (Å²) in [7, 11) is -3.90. The van der Waals surface area contributed by atoms with E-state index >= 15 is 0 Å². The molecule has 15 heteroatoms. The molecule has 14 nitrogen and oxygen atoms in total. The molecular weight excluding hydrogens is 620 g/mol. The maximum absolute atomic E-state index is 14.1. The first kappa shape index (κ1) is 35.7. The highest BCUT2D eigenvalue weighted by atomic mass is 32.2. The Kier molecular flexibility index (Phi) is 11.1. The number of hydrogen-bond acceptors (Lipinski definition) is 10. The lowest BCUT2D eigenvalue weighted by Crippen LogP contribution is -2.58. The third-order valence-corrected chi connectivity index (χ3v) is 10.4. The average Bonchev–Trinajstić information content (AvgIpc) is 3.87. The molecule has 4 amide bonds. The molecule has 1 unspecified atom stereocenters. The van der Waals surface area contributed by atoms with Crippen LogP contribution in [-0.4, -0.2) is 97.4 Å². The summed E-state index contributed by atoms with van der Waals surface area (Å²) < 4.78 is 44.2. The van der Waals surface area contributed by atoms with Crippen molar-refractivity contribution >= 4 is 39.8 Å². The second kappa shape index (κ2) is 14.3. The topological polar surface area (TPSA) is 187 Å². The molecule has 0 spiro atoms. The highest BCUT2D eigenvalue weighted by Gasteiger charge is 2.62. The first-order chi connectivity index (χ1) is 21.6. The van der Waals surface area contributed by atoms with Gasteiger partial charge in [0.05, 0.1) is 24.3 Å². The first-order valence-electron chi connectivity index (χ1n) is 16.2. The van der Waals surface area contributed by atoms with Crippen molar-refractivity contribution in [2.75, 3.05) is 19.8 Å². The molecule has 6 atom stereocenters. The van der Waals surface area contributed by atoms with Gasteiger partial charge in [0.15, 0.2) is 0 Å². The number of fused-ring (bicyclic) bond motifs is 2. The van der Waals surface area contributed by atoms with Crippen molar-refractivity contribution in [2.45, 2.75) is 121 Å². The molecule has 0 aromatic heterocycles. The number of hydrogen-bond donors (Lipinski definition) is 3. The van der Waals surface area contributed by atoms with Crippen LogP contribution in [-0.2, 0) is 43.4 Å². The Balaban J connectivity index is 1.62. The van der Waals surface area contributed by atoms with Crippen LogP contribution in [0.4, 0.5) is 4.79 Å². The second-order valence-electron chi connectivity index (χ2n) is 13.8. The van der Waals surface area contributed by atoms with Gasteiger partial charge in [0.2, 0.25) is 21.8 Å². The summed E-state index contributed by atoms with van der Waals surface area (Å²) in [5, 5.41) is 4.74. The summed E-state index contributed by atoms with van der Waals surface area (Å²) in [6, 6.07) is -2.25. The standard InChI is InChI=1S/C31H48N4O10S/c1-6-9-19(2)27(38)44-21-16-24-25(36)33-31(28(39)34-46(41,42)22-12-13-22)17-20(31)10-7-14-43-15-8-11-23(26(37)35(24)18-21)32-29(40)45-30(3,4)5/h7,10,19-24H,6,8-9,11-18H2,1-5H3,(H,32,40)(H,33,36)(H,34,39)/b10-7-/t19?,20-,21-,23+,24+,31-/m1/s1. The third kappa shape index (κ3) is 8.99. The zero-order valence-corrected chi connectivity index (χ0v) is 28.2. The maximum atomic E-state index is 14.1. The number of nitrogens with zero attached hydrogens (tertiary/aromatic N) is 1. The normalized spacial score (nSPS) is 30.3. The summed E-state index contributed by atoms with van der Waals surface area (Å²) in [5.74, 6) is -3.45. The van der Waals surface area contributed by atoms with Gasteiger partial charge in [0.1, 0.15) is 29.3 Å². The molecule has 0 radical (unpaired) electrons. The van der Waals surface area contributed by atoms with Gasteiger partial charge in [-0.3, -0.25) is 23.9 Å². The predicted molar refractivity (Wildman–Crippen MR) is 165 cm³/mol. The number of alkyl carbamates (subject to hydrolysis) is 1. The van der Waals surface area contributed by atoms with E-state index in [4.69, 9.17) is 14.2 Å². The van der Waals surface area contributed by atoms with E-state index < -0.39 is 80.3 Å². The van der Waals surface area contributed by atoms with Crippen LogP contribution in [0.1, 0.15) is 86.0 Å². The Morgan fingerprint density at radius 3 is 2.57 bits per heavy atom. The maximum Gasteiger partial charge on any atom is 0.408 e. The molecular formula is C31H48N4O10S. The van der Waals surface area contributed by atoms with E-state index in [1.54, 1.807) is 39.8 Å². The zero-order chi connectivity index (χ0) is 33.9. The Bertz CT molecular complexity index is 1320. The van der Waals surface area contributed by atoms with Gasteiger partial charge >= 0.3 is 12.1 Å². The molecule has 4 rings (SSSR count). The lowest BCUT2D eigenvalue weighted by molar-refractivity contribution is -0.153. The van der Waals surface area contributed by atoms with Gasteiger partial charge in [-0.1, -0.05) is 32.4 Å². The molecule has 2 aliphatic heterocycles. The lowest BCUT2D eigenvalue weighted by Gasteiger charge is -2.30. The van der Waals surface area contributed by atoms with Crippen LogP contribution < -0.4 is 15.4 Å². The monoisotopic (exact) mass is 668 g/mol. The van der Waals surface area contributed by atoms with E-state index in [-0.39, 0.29) is 44.9 Å². The summed E-state index contributed by atoms with van der Waals surface area (Å²) >= 11 is 0. The van der Waals surface area contributed by atoms with E-state index in [0.717, 1.165) is 6.42 Å². The molecule has 0 aromatic carbocycles. The number of esters is 1. The van der Waals surface area contributed by atoms with Gasteiger partial charge in [-0.05, 0) is 59.3 Å². The Labute approximate surface area is 270 Å². The number of carbonyl (C=O) groups excluding carboxylic acids is 5. The predicted octanol–water partition coefficient (Wildman–Crippen LogP) is 1.68. The molecule has 4 aliphatic rings. The van der Waals surface area contributed by atoms with Gasteiger partial charge in [-0.2, -0.15) is 0 Å². The van der Waals surface area contributed by atoms with Crippen LogP contribution >= 0.6 is 0 Å². The van der Waals surface area contributed by atoms with Crippen molar-refractivity contribution in [2.24, 2.45) is 11.8 Å². The molecule has 46 heavy (non-hydrogen) atoms.